The van der Waals surface area contributed by atoms with E-state index in [0.29, 0.717) is 12.3 Å². The molecule has 28 heavy (non-hydrogen) atoms. The van der Waals surface area contributed by atoms with E-state index in [2.05, 4.69) is 29.4 Å². The molecule has 2 aromatic carbocycles. The summed E-state index contributed by atoms with van der Waals surface area (Å²) in [4.78, 5) is 16.9. The van der Waals surface area contributed by atoms with E-state index in [-0.39, 0.29) is 5.91 Å². The Balaban J connectivity index is 1.41. The molecule has 0 saturated heterocycles. The van der Waals surface area contributed by atoms with Crippen LogP contribution in [0.3, 0.4) is 0 Å². The molecule has 0 spiro atoms. The molecule has 1 amide bonds. The van der Waals surface area contributed by atoms with Gasteiger partial charge in [-0.3, -0.25) is 4.79 Å². The number of anilines is 1. The van der Waals surface area contributed by atoms with Crippen LogP contribution in [0.5, 0.6) is 0 Å². The van der Waals surface area contributed by atoms with Crippen molar-refractivity contribution in [1.82, 2.24) is 4.98 Å². The molecule has 0 atom stereocenters. The Kier molecular flexibility index (Phi) is 5.75. The molecule has 0 bridgehead atoms. The Morgan fingerprint density at radius 2 is 1.89 bits per heavy atom. The molecule has 4 rings (SSSR count). The van der Waals surface area contributed by atoms with Gasteiger partial charge in [0.15, 0.2) is 5.58 Å². The number of oxazole rings is 1. The smallest absolute Gasteiger partial charge is 0.227 e. The first-order valence-electron chi connectivity index (χ1n) is 10.5. The van der Waals surface area contributed by atoms with Crippen LogP contribution in [-0.4, -0.2) is 10.9 Å². The van der Waals surface area contributed by atoms with Crippen molar-refractivity contribution in [3.63, 3.8) is 0 Å². The molecule has 1 saturated carbocycles. The third-order valence-corrected chi connectivity index (χ3v) is 5.78. The molecule has 146 valence electrons. The van der Waals surface area contributed by atoms with Crippen LogP contribution in [0.1, 0.15) is 57.4 Å². The summed E-state index contributed by atoms with van der Waals surface area (Å²) in [5, 5.41) is 3.02. The topological polar surface area (TPSA) is 55.1 Å². The highest BCUT2D eigenvalue weighted by Crippen LogP contribution is 2.28. The van der Waals surface area contributed by atoms with Gasteiger partial charge in [-0.2, -0.15) is 0 Å². The monoisotopic (exact) mass is 376 g/mol. The zero-order chi connectivity index (χ0) is 19.3. The van der Waals surface area contributed by atoms with Crippen molar-refractivity contribution in [2.75, 3.05) is 5.32 Å². The van der Waals surface area contributed by atoms with Crippen LogP contribution in [0.25, 0.3) is 22.6 Å². The zero-order valence-corrected chi connectivity index (χ0v) is 16.5. The highest BCUT2D eigenvalue weighted by Gasteiger charge is 2.15. The molecule has 1 aromatic heterocycles. The Morgan fingerprint density at radius 3 is 2.64 bits per heavy atom. The summed E-state index contributed by atoms with van der Waals surface area (Å²) < 4.78 is 5.89. The third kappa shape index (κ3) is 4.44. The van der Waals surface area contributed by atoms with Crippen LogP contribution in [0.4, 0.5) is 5.69 Å². The van der Waals surface area contributed by atoms with Crippen molar-refractivity contribution in [2.45, 2.75) is 58.3 Å². The van der Waals surface area contributed by atoms with E-state index < -0.39 is 0 Å². The summed E-state index contributed by atoms with van der Waals surface area (Å²) in [7, 11) is 0. The first-order chi connectivity index (χ1) is 13.7. The summed E-state index contributed by atoms with van der Waals surface area (Å²) in [5.41, 5.74) is 4.53. The number of carbonyl (C=O) groups excluding carboxylic acids is 1. The molecule has 0 radical (unpaired) electrons. The van der Waals surface area contributed by atoms with Gasteiger partial charge >= 0.3 is 0 Å². The van der Waals surface area contributed by atoms with Gasteiger partial charge in [0.05, 0.1) is 0 Å². The van der Waals surface area contributed by atoms with E-state index in [9.17, 15) is 4.79 Å². The number of benzene rings is 2. The van der Waals surface area contributed by atoms with Crippen molar-refractivity contribution < 1.29 is 9.21 Å². The fourth-order valence-corrected chi connectivity index (χ4v) is 4.05. The van der Waals surface area contributed by atoms with E-state index in [4.69, 9.17) is 4.42 Å². The minimum atomic E-state index is 0.0868. The summed E-state index contributed by atoms with van der Waals surface area (Å²) in [6.45, 7) is 2.14. The van der Waals surface area contributed by atoms with E-state index in [1.54, 1.807) is 0 Å². The number of aryl methyl sites for hydroxylation is 1. The third-order valence-electron chi connectivity index (χ3n) is 5.78. The van der Waals surface area contributed by atoms with Gasteiger partial charge in [0, 0.05) is 17.7 Å². The maximum atomic E-state index is 12.3. The zero-order valence-electron chi connectivity index (χ0n) is 16.5. The molecule has 1 aliphatic rings. The fraction of sp³-hybridized carbons (Fsp3) is 0.417. The predicted molar refractivity (Wildman–Crippen MR) is 113 cm³/mol. The van der Waals surface area contributed by atoms with Crippen molar-refractivity contribution in [3.8, 4) is 11.5 Å². The summed E-state index contributed by atoms with van der Waals surface area (Å²) in [6.07, 6.45) is 9.15. The first kappa shape index (κ1) is 18.7. The van der Waals surface area contributed by atoms with Crippen molar-refractivity contribution in [1.29, 1.82) is 0 Å². The largest absolute Gasteiger partial charge is 0.436 e. The second-order valence-electron chi connectivity index (χ2n) is 7.84. The molecule has 4 heteroatoms. The molecule has 1 heterocycles. The quantitative estimate of drug-likeness (QED) is 0.545. The molecular weight excluding hydrogens is 348 g/mol. The highest BCUT2D eigenvalue weighted by atomic mass is 16.3. The summed E-state index contributed by atoms with van der Waals surface area (Å²) in [5.74, 6) is 1.42. The van der Waals surface area contributed by atoms with E-state index in [1.807, 2.05) is 30.3 Å². The minimum Gasteiger partial charge on any atom is -0.436 e. The first-order valence-corrected chi connectivity index (χ1v) is 10.5. The lowest BCUT2D eigenvalue weighted by Gasteiger charge is -2.20. The van der Waals surface area contributed by atoms with Crippen LogP contribution in [-0.2, 0) is 11.2 Å². The van der Waals surface area contributed by atoms with Gasteiger partial charge in [-0.15, -0.1) is 0 Å². The summed E-state index contributed by atoms with van der Waals surface area (Å²) in [6, 6.07) is 13.9. The molecule has 0 unspecified atom stereocenters. The maximum absolute atomic E-state index is 12.3. The van der Waals surface area contributed by atoms with Crippen LogP contribution >= 0.6 is 0 Å². The van der Waals surface area contributed by atoms with Crippen LogP contribution in [0.2, 0.25) is 0 Å². The lowest BCUT2D eigenvalue weighted by atomic mass is 9.86. The second kappa shape index (κ2) is 8.59. The van der Waals surface area contributed by atoms with E-state index in [1.165, 1.54) is 37.7 Å². The number of nitrogens with zero attached hydrogens (tertiary/aromatic N) is 1. The number of aromatic nitrogens is 1. The van der Waals surface area contributed by atoms with Crippen molar-refractivity contribution in [2.24, 2.45) is 5.92 Å². The number of nitrogens with one attached hydrogen (secondary N) is 1. The van der Waals surface area contributed by atoms with Crippen LogP contribution in [0, 0.1) is 5.92 Å². The molecule has 1 aliphatic carbocycles. The van der Waals surface area contributed by atoms with Gasteiger partial charge in [-0.05, 0) is 54.7 Å². The van der Waals surface area contributed by atoms with Gasteiger partial charge in [0.25, 0.3) is 0 Å². The van der Waals surface area contributed by atoms with Crippen LogP contribution < -0.4 is 5.32 Å². The normalized spacial score (nSPS) is 15.0. The Bertz CT molecular complexity index is 937. The average molecular weight is 377 g/mol. The molecule has 3 aromatic rings. The van der Waals surface area contributed by atoms with Crippen LogP contribution in [0.15, 0.2) is 46.9 Å². The lowest BCUT2D eigenvalue weighted by Crippen LogP contribution is -2.14. The summed E-state index contributed by atoms with van der Waals surface area (Å²) >= 11 is 0. The van der Waals surface area contributed by atoms with Gasteiger partial charge in [-0.25, -0.2) is 4.98 Å². The van der Waals surface area contributed by atoms with E-state index >= 15 is 0 Å². The number of amides is 1. The number of hydrogen-bond acceptors (Lipinski definition) is 3. The minimum absolute atomic E-state index is 0.0868. The predicted octanol–water partition coefficient (Wildman–Crippen LogP) is 6.36. The molecule has 1 N–H and O–H groups in total. The standard InChI is InChI=1S/C24H28N2O2/c1-2-17-8-11-19(12-9-17)24-26-21-16-20(13-14-22(21)28-24)25-23(27)15-10-18-6-4-3-5-7-18/h8-9,11-14,16,18H,2-7,10,15H2,1H3,(H,25,27). The maximum Gasteiger partial charge on any atom is 0.227 e. The fourth-order valence-electron chi connectivity index (χ4n) is 4.05. The SMILES string of the molecule is CCc1ccc(-c2nc3cc(NC(=O)CCC4CCCCC4)ccc3o2)cc1. The molecule has 0 aliphatic heterocycles. The number of fused-ring (bicyclic) bond motifs is 1. The average Bonchev–Trinajstić information content (AvgIpc) is 3.16. The number of hydrogen-bond donors (Lipinski definition) is 1. The number of rotatable bonds is 6. The second-order valence-corrected chi connectivity index (χ2v) is 7.84. The van der Waals surface area contributed by atoms with Gasteiger partial charge in [0.1, 0.15) is 5.52 Å². The lowest BCUT2D eigenvalue weighted by molar-refractivity contribution is -0.116. The van der Waals surface area contributed by atoms with E-state index in [0.717, 1.165) is 41.1 Å². The number of carbonyl (C=O) groups is 1. The Hall–Kier alpha value is -2.62. The highest BCUT2D eigenvalue weighted by molar-refractivity contribution is 5.93. The van der Waals surface area contributed by atoms with Gasteiger partial charge < -0.3 is 9.73 Å². The van der Waals surface area contributed by atoms with Gasteiger partial charge in [-0.1, -0.05) is 51.2 Å². The van der Waals surface area contributed by atoms with Crippen molar-refractivity contribution >= 4 is 22.7 Å². The Labute approximate surface area is 166 Å². The Morgan fingerprint density at radius 1 is 1.11 bits per heavy atom. The van der Waals surface area contributed by atoms with Crippen molar-refractivity contribution in [3.05, 3.63) is 48.0 Å². The molecule has 4 nitrogen and oxygen atoms in total. The molecular formula is C24H28N2O2. The van der Waals surface area contributed by atoms with Gasteiger partial charge in [0.2, 0.25) is 11.8 Å². The molecule has 1 fully saturated rings.